The first kappa shape index (κ1) is 15.5. The van der Waals surface area contributed by atoms with Crippen LogP contribution in [0.2, 0.25) is 0 Å². The van der Waals surface area contributed by atoms with Crippen molar-refractivity contribution in [3.63, 3.8) is 0 Å². The lowest BCUT2D eigenvalue weighted by Crippen LogP contribution is -2.24. The van der Waals surface area contributed by atoms with Crippen molar-refractivity contribution in [1.29, 1.82) is 5.26 Å². The van der Waals surface area contributed by atoms with Crippen LogP contribution in [0.3, 0.4) is 0 Å². The van der Waals surface area contributed by atoms with Crippen LogP contribution in [-0.4, -0.2) is 13.2 Å². The minimum Gasteiger partial charge on any atom is -0.491 e. The highest BCUT2D eigenvalue weighted by Crippen LogP contribution is 2.18. The molecule has 19 heavy (non-hydrogen) atoms. The lowest BCUT2D eigenvalue weighted by molar-refractivity contribution is 0.321. The van der Waals surface area contributed by atoms with Crippen molar-refractivity contribution in [3.05, 3.63) is 29.6 Å². The van der Waals surface area contributed by atoms with Gasteiger partial charge in [0.15, 0.2) is 11.6 Å². The zero-order valence-corrected chi connectivity index (χ0v) is 11.7. The SMILES string of the molecule is CCOc1ccc(CNCC(C#N)C(C)C)cc1F. The van der Waals surface area contributed by atoms with Gasteiger partial charge in [-0.3, -0.25) is 0 Å². The van der Waals surface area contributed by atoms with Crippen molar-refractivity contribution < 1.29 is 9.13 Å². The van der Waals surface area contributed by atoms with E-state index < -0.39 is 0 Å². The van der Waals surface area contributed by atoms with Crippen LogP contribution in [0.15, 0.2) is 18.2 Å². The molecule has 0 aliphatic rings. The van der Waals surface area contributed by atoms with Gasteiger partial charge in [0.1, 0.15) is 0 Å². The molecule has 1 aromatic rings. The molecule has 3 nitrogen and oxygen atoms in total. The molecule has 0 saturated heterocycles. The Bertz CT molecular complexity index is 440. The number of rotatable bonds is 7. The number of hydrogen-bond acceptors (Lipinski definition) is 3. The van der Waals surface area contributed by atoms with E-state index in [-0.39, 0.29) is 17.5 Å². The van der Waals surface area contributed by atoms with Gasteiger partial charge >= 0.3 is 0 Å². The van der Waals surface area contributed by atoms with Gasteiger partial charge in [-0.05, 0) is 30.5 Å². The zero-order valence-electron chi connectivity index (χ0n) is 11.7. The van der Waals surface area contributed by atoms with Crippen LogP contribution >= 0.6 is 0 Å². The van der Waals surface area contributed by atoms with Crippen LogP contribution < -0.4 is 10.1 Å². The van der Waals surface area contributed by atoms with E-state index in [1.165, 1.54) is 6.07 Å². The van der Waals surface area contributed by atoms with Gasteiger partial charge in [0.05, 0.1) is 18.6 Å². The summed E-state index contributed by atoms with van der Waals surface area (Å²) in [4.78, 5) is 0. The predicted octanol–water partition coefficient (Wildman–Crippen LogP) is 3.11. The van der Waals surface area contributed by atoms with E-state index in [0.29, 0.717) is 25.6 Å². The Kier molecular flexibility index (Phi) is 6.31. The standard InChI is InChI=1S/C15H21FN2O/c1-4-19-15-6-5-12(7-14(15)16)9-18-10-13(8-17)11(2)3/h5-7,11,13,18H,4,9-10H2,1-3H3. The maximum atomic E-state index is 13.6. The van der Waals surface area contributed by atoms with Crippen LogP contribution in [-0.2, 0) is 6.54 Å². The van der Waals surface area contributed by atoms with Crippen LogP contribution in [0.25, 0.3) is 0 Å². The monoisotopic (exact) mass is 264 g/mol. The molecule has 0 fully saturated rings. The summed E-state index contributed by atoms with van der Waals surface area (Å²) in [7, 11) is 0. The Labute approximate surface area is 114 Å². The topological polar surface area (TPSA) is 45.0 Å². The molecule has 0 aliphatic carbocycles. The molecule has 0 aliphatic heterocycles. The quantitative estimate of drug-likeness (QED) is 0.823. The minimum absolute atomic E-state index is 0.0208. The molecule has 0 amide bonds. The van der Waals surface area contributed by atoms with Crippen molar-refractivity contribution in [1.82, 2.24) is 5.32 Å². The lowest BCUT2D eigenvalue weighted by atomic mass is 9.97. The van der Waals surface area contributed by atoms with Gasteiger partial charge in [-0.1, -0.05) is 19.9 Å². The Morgan fingerprint density at radius 1 is 1.42 bits per heavy atom. The highest BCUT2D eigenvalue weighted by molar-refractivity contribution is 5.29. The highest BCUT2D eigenvalue weighted by Gasteiger charge is 2.11. The molecular formula is C15H21FN2O. The van der Waals surface area contributed by atoms with Crippen molar-refractivity contribution >= 4 is 0 Å². The fourth-order valence-corrected chi connectivity index (χ4v) is 1.73. The second-order valence-corrected chi connectivity index (χ2v) is 4.81. The third-order valence-corrected chi connectivity index (χ3v) is 2.96. The van der Waals surface area contributed by atoms with Crippen LogP contribution in [0.1, 0.15) is 26.3 Å². The fraction of sp³-hybridized carbons (Fsp3) is 0.533. The van der Waals surface area contributed by atoms with E-state index in [1.54, 1.807) is 6.07 Å². The first-order valence-electron chi connectivity index (χ1n) is 6.60. The minimum atomic E-state index is -0.346. The van der Waals surface area contributed by atoms with Crippen LogP contribution in [0.5, 0.6) is 5.75 Å². The Morgan fingerprint density at radius 2 is 2.16 bits per heavy atom. The zero-order chi connectivity index (χ0) is 14.3. The van der Waals surface area contributed by atoms with Crippen LogP contribution in [0.4, 0.5) is 4.39 Å². The number of nitriles is 1. The molecule has 0 bridgehead atoms. The van der Waals surface area contributed by atoms with Crippen molar-refractivity contribution in [2.75, 3.05) is 13.2 Å². The third kappa shape index (κ3) is 4.88. The molecule has 1 unspecified atom stereocenters. The summed E-state index contributed by atoms with van der Waals surface area (Å²) in [6.07, 6.45) is 0. The summed E-state index contributed by atoms with van der Waals surface area (Å²) < 4.78 is 18.8. The van der Waals surface area contributed by atoms with E-state index in [0.717, 1.165) is 5.56 Å². The summed E-state index contributed by atoms with van der Waals surface area (Å²) in [5.74, 6) is 0.229. The molecule has 1 aromatic carbocycles. The largest absolute Gasteiger partial charge is 0.491 e. The van der Waals surface area contributed by atoms with Crippen molar-refractivity contribution in [2.45, 2.75) is 27.3 Å². The maximum absolute atomic E-state index is 13.6. The van der Waals surface area contributed by atoms with Gasteiger partial charge < -0.3 is 10.1 Å². The lowest BCUT2D eigenvalue weighted by Gasteiger charge is -2.14. The Hall–Kier alpha value is -1.60. The number of halogens is 1. The normalized spacial score (nSPS) is 12.2. The number of nitrogens with one attached hydrogen (secondary N) is 1. The van der Waals surface area contributed by atoms with E-state index in [2.05, 4.69) is 11.4 Å². The number of ether oxygens (including phenoxy) is 1. The number of benzene rings is 1. The van der Waals surface area contributed by atoms with Gasteiger partial charge in [-0.25, -0.2) is 4.39 Å². The summed E-state index contributed by atoms with van der Waals surface area (Å²) in [5, 5.41) is 12.1. The average molecular weight is 264 g/mol. The van der Waals surface area contributed by atoms with Gasteiger partial charge in [-0.2, -0.15) is 5.26 Å². The molecule has 0 spiro atoms. The van der Waals surface area contributed by atoms with Gasteiger partial charge in [0.2, 0.25) is 0 Å². The second kappa shape index (κ2) is 7.75. The molecule has 1 atom stereocenters. The van der Waals surface area contributed by atoms with Crippen LogP contribution in [0, 0.1) is 29.0 Å². The summed E-state index contributed by atoms with van der Waals surface area (Å²) in [6.45, 7) is 7.48. The summed E-state index contributed by atoms with van der Waals surface area (Å²) in [5.41, 5.74) is 0.849. The highest BCUT2D eigenvalue weighted by atomic mass is 19.1. The first-order chi connectivity index (χ1) is 9.08. The Balaban J connectivity index is 2.50. The summed E-state index contributed by atoms with van der Waals surface area (Å²) >= 11 is 0. The van der Waals surface area contributed by atoms with Crippen molar-refractivity contribution in [2.24, 2.45) is 11.8 Å². The third-order valence-electron chi connectivity index (χ3n) is 2.96. The molecule has 0 radical (unpaired) electrons. The molecule has 1 rings (SSSR count). The molecule has 0 heterocycles. The van der Waals surface area contributed by atoms with E-state index in [9.17, 15) is 4.39 Å². The predicted molar refractivity (Wildman–Crippen MR) is 73.2 cm³/mol. The van der Waals surface area contributed by atoms with E-state index in [4.69, 9.17) is 10.00 Å². The van der Waals surface area contributed by atoms with Gasteiger partial charge in [-0.15, -0.1) is 0 Å². The van der Waals surface area contributed by atoms with Crippen molar-refractivity contribution in [3.8, 4) is 11.8 Å². The number of hydrogen-bond donors (Lipinski definition) is 1. The second-order valence-electron chi connectivity index (χ2n) is 4.81. The maximum Gasteiger partial charge on any atom is 0.165 e. The molecule has 1 N–H and O–H groups in total. The summed E-state index contributed by atoms with van der Waals surface area (Å²) in [6, 6.07) is 7.21. The first-order valence-corrected chi connectivity index (χ1v) is 6.60. The van der Waals surface area contributed by atoms with E-state index >= 15 is 0 Å². The van der Waals surface area contributed by atoms with E-state index in [1.807, 2.05) is 26.8 Å². The molecular weight excluding hydrogens is 243 g/mol. The molecule has 104 valence electrons. The number of nitrogens with zero attached hydrogens (tertiary/aromatic N) is 1. The average Bonchev–Trinajstić information content (AvgIpc) is 2.37. The fourth-order valence-electron chi connectivity index (χ4n) is 1.73. The molecule has 0 aromatic heterocycles. The molecule has 0 saturated carbocycles. The van der Waals surface area contributed by atoms with Gasteiger partial charge in [0.25, 0.3) is 0 Å². The van der Waals surface area contributed by atoms with Gasteiger partial charge in [0, 0.05) is 13.1 Å². The Morgan fingerprint density at radius 3 is 2.68 bits per heavy atom. The molecule has 4 heteroatoms. The smallest absolute Gasteiger partial charge is 0.165 e.